The Bertz CT molecular complexity index is 569. The lowest BCUT2D eigenvalue weighted by atomic mass is 9.97. The highest BCUT2D eigenvalue weighted by molar-refractivity contribution is 6.32. The van der Waals surface area contributed by atoms with Crippen molar-refractivity contribution in [2.24, 2.45) is 11.7 Å². The molecule has 21 heavy (non-hydrogen) atoms. The zero-order valence-electron chi connectivity index (χ0n) is 11.8. The lowest BCUT2D eigenvalue weighted by molar-refractivity contribution is 0.0651. The van der Waals surface area contributed by atoms with Crippen molar-refractivity contribution in [2.45, 2.75) is 12.8 Å². The fraction of sp³-hybridized carbons (Fsp3) is 0.438. The molecule has 2 rings (SSSR count). The van der Waals surface area contributed by atoms with E-state index in [0.29, 0.717) is 35.2 Å². The maximum absolute atomic E-state index is 12.4. The molecule has 1 saturated heterocycles. The van der Waals surface area contributed by atoms with E-state index in [-0.39, 0.29) is 19.1 Å². The third-order valence-corrected chi connectivity index (χ3v) is 4.01. The molecule has 5 heteroatoms. The van der Waals surface area contributed by atoms with Crippen LogP contribution in [0, 0.1) is 17.8 Å². The van der Waals surface area contributed by atoms with Crippen LogP contribution in [0.2, 0.25) is 5.02 Å². The number of piperidine rings is 1. The van der Waals surface area contributed by atoms with Gasteiger partial charge in [-0.3, -0.25) is 4.79 Å². The number of benzene rings is 1. The molecule has 0 aliphatic carbocycles. The van der Waals surface area contributed by atoms with E-state index in [4.69, 9.17) is 22.4 Å². The van der Waals surface area contributed by atoms with E-state index >= 15 is 0 Å². The lowest BCUT2D eigenvalue weighted by Crippen LogP contribution is -2.39. The molecule has 1 aromatic rings. The number of halogens is 1. The summed E-state index contributed by atoms with van der Waals surface area (Å²) in [6, 6.07) is 5.15. The summed E-state index contributed by atoms with van der Waals surface area (Å²) in [5.41, 5.74) is 6.58. The van der Waals surface area contributed by atoms with E-state index in [0.717, 1.165) is 12.8 Å². The van der Waals surface area contributed by atoms with Crippen LogP contribution >= 0.6 is 11.6 Å². The molecular weight excluding hydrogens is 288 g/mol. The largest absolute Gasteiger partial charge is 0.396 e. The number of rotatable bonds is 2. The summed E-state index contributed by atoms with van der Waals surface area (Å²) in [4.78, 5) is 14.2. The summed E-state index contributed by atoms with van der Waals surface area (Å²) >= 11 is 6.15. The minimum absolute atomic E-state index is 0.0216. The van der Waals surface area contributed by atoms with Crippen LogP contribution in [-0.4, -0.2) is 42.2 Å². The van der Waals surface area contributed by atoms with Crippen molar-refractivity contribution >= 4 is 17.5 Å². The molecule has 0 aromatic heterocycles. The van der Waals surface area contributed by atoms with Gasteiger partial charge in [-0.25, -0.2) is 0 Å². The first-order chi connectivity index (χ1) is 10.2. The number of amides is 1. The standard InChI is InChI=1S/C16H19ClN2O2/c17-15-10-14(4-3-13(15)2-1-7-18)16(21)19-8-5-12(11-20)6-9-19/h3-4,10,12,20H,5-9,11,18H2. The average Bonchev–Trinajstić information content (AvgIpc) is 2.53. The third-order valence-electron chi connectivity index (χ3n) is 3.70. The van der Waals surface area contributed by atoms with Gasteiger partial charge < -0.3 is 15.7 Å². The molecule has 112 valence electrons. The fourth-order valence-electron chi connectivity index (χ4n) is 2.40. The molecule has 1 aromatic carbocycles. The molecule has 0 saturated carbocycles. The molecule has 3 N–H and O–H groups in total. The van der Waals surface area contributed by atoms with Gasteiger partial charge in [0.1, 0.15) is 0 Å². The van der Waals surface area contributed by atoms with Gasteiger partial charge in [-0.1, -0.05) is 23.4 Å². The minimum Gasteiger partial charge on any atom is -0.396 e. The molecule has 1 aliphatic heterocycles. The van der Waals surface area contributed by atoms with Crippen LogP contribution in [0.25, 0.3) is 0 Å². The Labute approximate surface area is 129 Å². The first-order valence-corrected chi connectivity index (χ1v) is 7.42. The van der Waals surface area contributed by atoms with E-state index in [9.17, 15) is 4.79 Å². The Morgan fingerprint density at radius 1 is 1.43 bits per heavy atom. The lowest BCUT2D eigenvalue weighted by Gasteiger charge is -2.31. The van der Waals surface area contributed by atoms with Gasteiger partial charge in [0, 0.05) is 30.8 Å². The van der Waals surface area contributed by atoms with E-state index in [2.05, 4.69) is 11.8 Å². The van der Waals surface area contributed by atoms with Crippen molar-refractivity contribution in [3.8, 4) is 11.8 Å². The van der Waals surface area contributed by atoms with Crippen LogP contribution in [0.1, 0.15) is 28.8 Å². The molecule has 0 bridgehead atoms. The van der Waals surface area contributed by atoms with Crippen molar-refractivity contribution in [2.75, 3.05) is 26.2 Å². The van der Waals surface area contributed by atoms with Crippen molar-refractivity contribution in [3.05, 3.63) is 34.3 Å². The van der Waals surface area contributed by atoms with Crippen LogP contribution in [-0.2, 0) is 0 Å². The van der Waals surface area contributed by atoms with E-state index in [1.807, 2.05) is 4.90 Å². The van der Waals surface area contributed by atoms with E-state index in [1.54, 1.807) is 18.2 Å². The summed E-state index contributed by atoms with van der Waals surface area (Å²) in [5.74, 6) is 5.91. The summed E-state index contributed by atoms with van der Waals surface area (Å²) < 4.78 is 0. The average molecular weight is 307 g/mol. The highest BCUT2D eigenvalue weighted by atomic mass is 35.5. The number of likely N-dealkylation sites (tertiary alicyclic amines) is 1. The third kappa shape index (κ3) is 3.98. The molecule has 4 nitrogen and oxygen atoms in total. The van der Waals surface area contributed by atoms with Gasteiger partial charge in [0.2, 0.25) is 0 Å². The van der Waals surface area contributed by atoms with Crippen LogP contribution in [0.4, 0.5) is 0 Å². The van der Waals surface area contributed by atoms with Crippen molar-refractivity contribution < 1.29 is 9.90 Å². The number of hydrogen-bond acceptors (Lipinski definition) is 3. The number of aliphatic hydroxyl groups is 1. The van der Waals surface area contributed by atoms with Crippen molar-refractivity contribution in [3.63, 3.8) is 0 Å². The molecule has 1 aliphatic rings. The second-order valence-electron chi connectivity index (χ2n) is 5.12. The Hall–Kier alpha value is -1.54. The van der Waals surface area contributed by atoms with Gasteiger partial charge in [-0.05, 0) is 37.0 Å². The van der Waals surface area contributed by atoms with Gasteiger partial charge in [-0.2, -0.15) is 0 Å². The molecule has 0 spiro atoms. The number of aliphatic hydroxyl groups excluding tert-OH is 1. The molecule has 1 heterocycles. The highest BCUT2D eigenvalue weighted by Gasteiger charge is 2.23. The van der Waals surface area contributed by atoms with Gasteiger partial charge in [0.15, 0.2) is 0 Å². The molecular formula is C16H19ClN2O2. The number of carbonyl (C=O) groups is 1. The monoisotopic (exact) mass is 306 g/mol. The van der Waals surface area contributed by atoms with Gasteiger partial charge >= 0.3 is 0 Å². The molecule has 0 atom stereocenters. The van der Waals surface area contributed by atoms with E-state index in [1.165, 1.54) is 0 Å². The predicted molar refractivity (Wildman–Crippen MR) is 83.1 cm³/mol. The number of hydrogen-bond donors (Lipinski definition) is 2. The first kappa shape index (κ1) is 15.8. The molecule has 1 amide bonds. The summed E-state index contributed by atoms with van der Waals surface area (Å²) in [6.45, 7) is 1.83. The Morgan fingerprint density at radius 3 is 2.71 bits per heavy atom. The van der Waals surface area contributed by atoms with E-state index < -0.39 is 0 Å². The zero-order valence-corrected chi connectivity index (χ0v) is 12.6. The number of carbonyl (C=O) groups excluding carboxylic acids is 1. The Balaban J connectivity index is 2.08. The molecule has 0 unspecified atom stereocenters. The van der Waals surface area contributed by atoms with Gasteiger partial charge in [-0.15, -0.1) is 0 Å². The first-order valence-electron chi connectivity index (χ1n) is 7.04. The second kappa shape index (κ2) is 7.46. The van der Waals surface area contributed by atoms with Crippen molar-refractivity contribution in [1.82, 2.24) is 4.90 Å². The van der Waals surface area contributed by atoms with Gasteiger partial charge in [0.25, 0.3) is 5.91 Å². The minimum atomic E-state index is -0.0216. The summed E-state index contributed by atoms with van der Waals surface area (Å²) in [7, 11) is 0. The number of nitrogens with zero attached hydrogens (tertiary/aromatic N) is 1. The predicted octanol–water partition coefficient (Wildman–Crippen LogP) is 1.49. The van der Waals surface area contributed by atoms with Crippen LogP contribution in [0.3, 0.4) is 0 Å². The second-order valence-corrected chi connectivity index (χ2v) is 5.53. The molecule has 1 fully saturated rings. The Morgan fingerprint density at radius 2 is 2.14 bits per heavy atom. The molecule has 0 radical (unpaired) electrons. The number of nitrogens with two attached hydrogens (primary N) is 1. The topological polar surface area (TPSA) is 66.6 Å². The van der Waals surface area contributed by atoms with Crippen LogP contribution in [0.15, 0.2) is 18.2 Å². The smallest absolute Gasteiger partial charge is 0.253 e. The van der Waals surface area contributed by atoms with Crippen LogP contribution in [0.5, 0.6) is 0 Å². The fourth-order valence-corrected chi connectivity index (χ4v) is 2.62. The normalized spacial score (nSPS) is 15.5. The van der Waals surface area contributed by atoms with Gasteiger partial charge in [0.05, 0.1) is 11.6 Å². The summed E-state index contributed by atoms with van der Waals surface area (Å²) in [5, 5.41) is 9.59. The zero-order chi connectivity index (χ0) is 15.2. The quantitative estimate of drug-likeness (QED) is 0.814. The maximum atomic E-state index is 12.4. The SMILES string of the molecule is NCC#Cc1ccc(C(=O)N2CCC(CO)CC2)cc1Cl. The summed E-state index contributed by atoms with van der Waals surface area (Å²) in [6.07, 6.45) is 1.69. The highest BCUT2D eigenvalue weighted by Crippen LogP contribution is 2.21. The van der Waals surface area contributed by atoms with Crippen LogP contribution < -0.4 is 5.73 Å². The Kier molecular flexibility index (Phi) is 5.63. The maximum Gasteiger partial charge on any atom is 0.253 e. The van der Waals surface area contributed by atoms with Crippen molar-refractivity contribution in [1.29, 1.82) is 0 Å².